The normalized spacial score (nSPS) is 18.4. The summed E-state index contributed by atoms with van der Waals surface area (Å²) >= 11 is 0. The zero-order valence-electron chi connectivity index (χ0n) is 15.8. The fourth-order valence-corrected chi connectivity index (χ4v) is 5.07. The van der Waals surface area contributed by atoms with Crippen molar-refractivity contribution in [1.82, 2.24) is 9.62 Å². The molecule has 29 heavy (non-hydrogen) atoms. The maximum absolute atomic E-state index is 13.0. The summed E-state index contributed by atoms with van der Waals surface area (Å²) in [4.78, 5) is 23.7. The molecule has 2 N–H and O–H groups in total. The van der Waals surface area contributed by atoms with Gasteiger partial charge in [0.2, 0.25) is 15.9 Å². The van der Waals surface area contributed by atoms with Crippen molar-refractivity contribution in [3.05, 3.63) is 54.1 Å². The number of fused-ring (bicyclic) bond motifs is 1. The average Bonchev–Trinajstić information content (AvgIpc) is 2.68. The van der Waals surface area contributed by atoms with E-state index in [1.165, 1.54) is 23.4 Å². The Kier molecular flexibility index (Phi) is 4.79. The number of ether oxygens (including phenoxy) is 1. The molecule has 152 valence electrons. The molecule has 2 aromatic carbocycles. The van der Waals surface area contributed by atoms with Crippen LogP contribution in [0.25, 0.3) is 0 Å². The first-order valence-corrected chi connectivity index (χ1v) is 10.7. The monoisotopic (exact) mass is 415 g/mol. The van der Waals surface area contributed by atoms with Crippen molar-refractivity contribution in [2.75, 3.05) is 18.4 Å². The number of carbonyl (C=O) groups is 2. The molecule has 4 rings (SSSR count). The van der Waals surface area contributed by atoms with E-state index in [4.69, 9.17) is 4.74 Å². The molecule has 9 heteroatoms. The van der Waals surface area contributed by atoms with E-state index < -0.39 is 15.7 Å². The Labute approximate surface area is 168 Å². The van der Waals surface area contributed by atoms with Gasteiger partial charge in [-0.15, -0.1) is 0 Å². The largest absolute Gasteiger partial charge is 0.467 e. The first-order valence-electron chi connectivity index (χ1n) is 9.27. The van der Waals surface area contributed by atoms with Crippen molar-refractivity contribution in [3.63, 3.8) is 0 Å². The standard InChI is InChI=1S/C20H21N3O5S/c1-14(24)21-15-6-8-16(9-7-15)29(26,27)23-12-10-20(11-13-23)22-19(25)17-4-2-3-5-18(17)28-20/h2-9H,10-13H2,1H3,(H,21,24)(H,22,25). The number of piperidine rings is 1. The van der Waals surface area contributed by atoms with E-state index >= 15 is 0 Å². The minimum Gasteiger partial charge on any atom is -0.467 e. The summed E-state index contributed by atoms with van der Waals surface area (Å²) in [5.74, 6) is 0.0795. The summed E-state index contributed by atoms with van der Waals surface area (Å²) < 4.78 is 33.4. The zero-order valence-corrected chi connectivity index (χ0v) is 16.7. The van der Waals surface area contributed by atoms with Crippen LogP contribution in [-0.2, 0) is 14.8 Å². The van der Waals surface area contributed by atoms with Gasteiger partial charge in [0.15, 0.2) is 5.72 Å². The number of sulfonamides is 1. The highest BCUT2D eigenvalue weighted by Gasteiger charge is 2.44. The van der Waals surface area contributed by atoms with Crippen molar-refractivity contribution < 1.29 is 22.7 Å². The number of carbonyl (C=O) groups excluding carboxylic acids is 2. The van der Waals surface area contributed by atoms with Crippen LogP contribution in [0.1, 0.15) is 30.1 Å². The Morgan fingerprint density at radius 3 is 2.41 bits per heavy atom. The smallest absolute Gasteiger partial charge is 0.258 e. The summed E-state index contributed by atoms with van der Waals surface area (Å²) in [6.45, 7) is 1.83. The molecule has 8 nitrogen and oxygen atoms in total. The SMILES string of the molecule is CC(=O)Nc1ccc(S(=O)(=O)N2CCC3(CC2)NC(=O)c2ccccc2O3)cc1. The van der Waals surface area contributed by atoms with Crippen LogP contribution in [0.5, 0.6) is 5.75 Å². The molecule has 0 radical (unpaired) electrons. The first-order chi connectivity index (χ1) is 13.8. The molecule has 2 aliphatic heterocycles. The number of rotatable bonds is 3. The van der Waals surface area contributed by atoms with Crippen LogP contribution in [0, 0.1) is 0 Å². The molecule has 1 fully saturated rings. The second-order valence-corrected chi connectivity index (χ2v) is 9.09. The zero-order chi connectivity index (χ0) is 20.6. The van der Waals surface area contributed by atoms with E-state index in [1.807, 2.05) is 0 Å². The van der Waals surface area contributed by atoms with Gasteiger partial charge >= 0.3 is 0 Å². The quantitative estimate of drug-likeness (QED) is 0.797. The Morgan fingerprint density at radius 1 is 1.10 bits per heavy atom. The molecule has 2 aliphatic rings. The number of hydrogen-bond acceptors (Lipinski definition) is 5. The first kappa shape index (κ1) is 19.4. The van der Waals surface area contributed by atoms with Crippen LogP contribution in [0.15, 0.2) is 53.4 Å². The van der Waals surface area contributed by atoms with Crippen molar-refractivity contribution in [2.45, 2.75) is 30.4 Å². The van der Waals surface area contributed by atoms with Gasteiger partial charge in [-0.3, -0.25) is 9.59 Å². The number of anilines is 1. The molecule has 1 spiro atoms. The van der Waals surface area contributed by atoms with Crippen LogP contribution in [-0.4, -0.2) is 43.4 Å². The lowest BCUT2D eigenvalue weighted by atomic mass is 9.98. The van der Waals surface area contributed by atoms with Gasteiger partial charge in [-0.1, -0.05) is 12.1 Å². The summed E-state index contributed by atoms with van der Waals surface area (Å²) in [6.07, 6.45) is 0.687. The molecule has 0 saturated carbocycles. The molecule has 2 heterocycles. The van der Waals surface area contributed by atoms with Crippen LogP contribution >= 0.6 is 0 Å². The van der Waals surface area contributed by atoms with Gasteiger partial charge in [-0.2, -0.15) is 4.31 Å². The van der Waals surface area contributed by atoms with E-state index in [0.29, 0.717) is 29.8 Å². The van der Waals surface area contributed by atoms with Crippen LogP contribution in [0.4, 0.5) is 5.69 Å². The number of para-hydroxylation sites is 1. The molecule has 2 aromatic rings. The Hall–Kier alpha value is -2.91. The van der Waals surface area contributed by atoms with Gasteiger partial charge in [0.25, 0.3) is 5.91 Å². The second kappa shape index (κ2) is 7.16. The molecule has 0 aliphatic carbocycles. The Bertz CT molecular complexity index is 1060. The number of amides is 2. The van der Waals surface area contributed by atoms with E-state index in [0.717, 1.165) is 0 Å². The number of nitrogens with one attached hydrogen (secondary N) is 2. The van der Waals surface area contributed by atoms with Gasteiger partial charge in [-0.25, -0.2) is 8.42 Å². The second-order valence-electron chi connectivity index (χ2n) is 7.16. The number of hydrogen-bond donors (Lipinski definition) is 2. The third-order valence-electron chi connectivity index (χ3n) is 5.12. The van der Waals surface area contributed by atoms with E-state index in [9.17, 15) is 18.0 Å². The average molecular weight is 415 g/mol. The van der Waals surface area contributed by atoms with E-state index in [1.54, 1.807) is 36.4 Å². The van der Waals surface area contributed by atoms with Crippen molar-refractivity contribution in [3.8, 4) is 5.75 Å². The highest BCUT2D eigenvalue weighted by Crippen LogP contribution is 2.34. The molecule has 2 amide bonds. The lowest BCUT2D eigenvalue weighted by Crippen LogP contribution is -2.61. The summed E-state index contributed by atoms with van der Waals surface area (Å²) in [5, 5.41) is 5.51. The number of nitrogens with zero attached hydrogens (tertiary/aromatic N) is 1. The topological polar surface area (TPSA) is 105 Å². The van der Waals surface area contributed by atoms with Gasteiger partial charge in [0.05, 0.1) is 10.5 Å². The summed E-state index contributed by atoms with van der Waals surface area (Å²) in [5.41, 5.74) is 0.116. The molecule has 0 bridgehead atoms. The third-order valence-corrected chi connectivity index (χ3v) is 7.03. The third kappa shape index (κ3) is 3.70. The molecule has 0 unspecified atom stereocenters. The van der Waals surface area contributed by atoms with E-state index in [-0.39, 0.29) is 29.8 Å². The Balaban J connectivity index is 1.48. The van der Waals surface area contributed by atoms with Gasteiger partial charge < -0.3 is 15.4 Å². The number of benzene rings is 2. The van der Waals surface area contributed by atoms with Crippen LogP contribution in [0.2, 0.25) is 0 Å². The molecule has 1 saturated heterocycles. The summed E-state index contributed by atoms with van der Waals surface area (Å²) in [6, 6.07) is 13.1. The predicted molar refractivity (Wildman–Crippen MR) is 106 cm³/mol. The van der Waals surface area contributed by atoms with Gasteiger partial charge in [0, 0.05) is 38.5 Å². The van der Waals surface area contributed by atoms with Gasteiger partial charge in [0.1, 0.15) is 5.75 Å². The molecular formula is C20H21N3O5S. The fraction of sp³-hybridized carbons (Fsp3) is 0.300. The fourth-order valence-electron chi connectivity index (χ4n) is 3.63. The predicted octanol–water partition coefficient (Wildman–Crippen LogP) is 1.95. The Morgan fingerprint density at radius 2 is 1.76 bits per heavy atom. The van der Waals surface area contributed by atoms with Crippen molar-refractivity contribution >= 4 is 27.5 Å². The molecule has 0 aromatic heterocycles. The highest BCUT2D eigenvalue weighted by molar-refractivity contribution is 7.89. The maximum atomic E-state index is 13.0. The lowest BCUT2D eigenvalue weighted by Gasteiger charge is -2.44. The van der Waals surface area contributed by atoms with Crippen molar-refractivity contribution in [1.29, 1.82) is 0 Å². The van der Waals surface area contributed by atoms with Crippen molar-refractivity contribution in [2.24, 2.45) is 0 Å². The van der Waals surface area contributed by atoms with E-state index in [2.05, 4.69) is 10.6 Å². The minimum atomic E-state index is -3.68. The highest BCUT2D eigenvalue weighted by atomic mass is 32.2. The van der Waals surface area contributed by atoms with Crippen LogP contribution in [0.3, 0.4) is 0 Å². The van der Waals surface area contributed by atoms with Gasteiger partial charge in [-0.05, 0) is 36.4 Å². The van der Waals surface area contributed by atoms with Crippen LogP contribution < -0.4 is 15.4 Å². The minimum absolute atomic E-state index is 0.154. The molecule has 0 atom stereocenters. The lowest BCUT2D eigenvalue weighted by molar-refractivity contribution is -0.114. The molecular weight excluding hydrogens is 394 g/mol. The maximum Gasteiger partial charge on any atom is 0.258 e. The summed E-state index contributed by atoms with van der Waals surface area (Å²) in [7, 11) is -3.68.